The molecule has 0 radical (unpaired) electrons. The fourth-order valence-electron chi connectivity index (χ4n) is 3.65. The summed E-state index contributed by atoms with van der Waals surface area (Å²) in [7, 11) is 0. The number of carbonyl (C=O) groups is 1. The Balaban J connectivity index is 1.35. The molecule has 29 heavy (non-hydrogen) atoms. The van der Waals surface area contributed by atoms with E-state index in [0.717, 1.165) is 48.5 Å². The Morgan fingerprint density at radius 1 is 1.17 bits per heavy atom. The molecule has 0 spiro atoms. The molecule has 1 fully saturated rings. The summed E-state index contributed by atoms with van der Waals surface area (Å²) < 4.78 is 5.87. The van der Waals surface area contributed by atoms with Crippen molar-refractivity contribution in [2.75, 3.05) is 13.1 Å². The standard InChI is InChI=1S/C24H25N3O2/c28-24(27-15-5-9-21(17-27)23-13-14-25-26-23)12-11-19-8-4-10-22(16-19)29-18-20-6-2-1-3-7-20/h1-4,6-8,10-14,16,21H,5,9,15,17-18H2,(H,25,26)/b12-11+. The minimum Gasteiger partial charge on any atom is -0.489 e. The number of piperidine rings is 1. The first kappa shape index (κ1) is 19.0. The number of aromatic nitrogens is 2. The number of rotatable bonds is 6. The molecule has 1 atom stereocenters. The number of nitrogens with zero attached hydrogens (tertiary/aromatic N) is 2. The molecule has 1 N–H and O–H groups in total. The van der Waals surface area contributed by atoms with E-state index in [1.807, 2.05) is 71.6 Å². The van der Waals surface area contributed by atoms with E-state index in [2.05, 4.69) is 10.2 Å². The van der Waals surface area contributed by atoms with Crippen molar-refractivity contribution in [1.82, 2.24) is 15.1 Å². The summed E-state index contributed by atoms with van der Waals surface area (Å²) in [6.07, 6.45) is 7.37. The van der Waals surface area contributed by atoms with Gasteiger partial charge in [0.1, 0.15) is 12.4 Å². The lowest BCUT2D eigenvalue weighted by Gasteiger charge is -2.31. The molecule has 1 unspecified atom stereocenters. The second kappa shape index (κ2) is 9.24. The van der Waals surface area contributed by atoms with Crippen LogP contribution in [-0.4, -0.2) is 34.1 Å². The first-order valence-corrected chi connectivity index (χ1v) is 10.0. The quantitative estimate of drug-likeness (QED) is 0.638. The van der Waals surface area contributed by atoms with Crippen molar-refractivity contribution in [3.8, 4) is 5.75 Å². The Kier molecular flexibility index (Phi) is 6.05. The van der Waals surface area contributed by atoms with Gasteiger partial charge in [-0.1, -0.05) is 42.5 Å². The molecule has 5 heteroatoms. The van der Waals surface area contributed by atoms with Gasteiger partial charge in [0.15, 0.2) is 0 Å². The van der Waals surface area contributed by atoms with Crippen LogP contribution < -0.4 is 4.74 Å². The number of benzene rings is 2. The van der Waals surface area contributed by atoms with Crippen LogP contribution in [0.5, 0.6) is 5.75 Å². The number of ether oxygens (including phenoxy) is 1. The fraction of sp³-hybridized carbons (Fsp3) is 0.250. The summed E-state index contributed by atoms with van der Waals surface area (Å²) in [4.78, 5) is 14.6. The maximum Gasteiger partial charge on any atom is 0.246 e. The van der Waals surface area contributed by atoms with Gasteiger partial charge in [0.2, 0.25) is 5.91 Å². The molecule has 1 saturated heterocycles. The Morgan fingerprint density at radius 3 is 2.90 bits per heavy atom. The molecule has 1 aliphatic heterocycles. The van der Waals surface area contributed by atoms with Crippen LogP contribution in [0, 0.1) is 0 Å². The van der Waals surface area contributed by atoms with E-state index < -0.39 is 0 Å². The molecule has 1 aliphatic rings. The third-order valence-corrected chi connectivity index (χ3v) is 5.22. The lowest BCUT2D eigenvalue weighted by Crippen LogP contribution is -2.38. The smallest absolute Gasteiger partial charge is 0.246 e. The topological polar surface area (TPSA) is 58.2 Å². The summed E-state index contributed by atoms with van der Waals surface area (Å²) >= 11 is 0. The molecule has 4 rings (SSSR count). The van der Waals surface area contributed by atoms with Crippen LogP contribution in [0.15, 0.2) is 72.9 Å². The van der Waals surface area contributed by atoms with Crippen molar-refractivity contribution < 1.29 is 9.53 Å². The highest BCUT2D eigenvalue weighted by atomic mass is 16.5. The van der Waals surface area contributed by atoms with E-state index in [1.165, 1.54) is 0 Å². The van der Waals surface area contributed by atoms with Gasteiger partial charge < -0.3 is 9.64 Å². The monoisotopic (exact) mass is 387 g/mol. The van der Waals surface area contributed by atoms with Crippen LogP contribution >= 0.6 is 0 Å². The molecule has 3 aromatic rings. The van der Waals surface area contributed by atoms with E-state index >= 15 is 0 Å². The van der Waals surface area contributed by atoms with Crippen LogP contribution in [0.4, 0.5) is 0 Å². The van der Waals surface area contributed by atoms with Gasteiger partial charge in [-0.15, -0.1) is 0 Å². The van der Waals surface area contributed by atoms with Gasteiger partial charge in [-0.3, -0.25) is 9.89 Å². The van der Waals surface area contributed by atoms with Crippen LogP contribution in [0.25, 0.3) is 6.08 Å². The average molecular weight is 387 g/mol. The minimum atomic E-state index is 0.0461. The zero-order chi connectivity index (χ0) is 19.9. The van der Waals surface area contributed by atoms with Crippen LogP contribution in [-0.2, 0) is 11.4 Å². The second-order valence-corrected chi connectivity index (χ2v) is 7.32. The Labute approximate surface area is 171 Å². The normalized spacial score (nSPS) is 16.8. The van der Waals surface area contributed by atoms with E-state index in [4.69, 9.17) is 4.74 Å². The molecular weight excluding hydrogens is 362 g/mol. The van der Waals surface area contributed by atoms with E-state index in [1.54, 1.807) is 12.3 Å². The molecule has 5 nitrogen and oxygen atoms in total. The van der Waals surface area contributed by atoms with E-state index in [-0.39, 0.29) is 5.91 Å². The summed E-state index contributed by atoms with van der Waals surface area (Å²) in [6, 6.07) is 19.9. The highest BCUT2D eigenvalue weighted by molar-refractivity contribution is 5.92. The lowest BCUT2D eigenvalue weighted by molar-refractivity contribution is -0.127. The van der Waals surface area contributed by atoms with Crippen LogP contribution in [0.2, 0.25) is 0 Å². The van der Waals surface area contributed by atoms with Gasteiger partial charge in [-0.05, 0) is 48.2 Å². The van der Waals surface area contributed by atoms with E-state index in [0.29, 0.717) is 12.5 Å². The summed E-state index contributed by atoms with van der Waals surface area (Å²) in [5.74, 6) is 1.17. The van der Waals surface area contributed by atoms with Gasteiger partial charge in [-0.2, -0.15) is 5.10 Å². The molecule has 0 aliphatic carbocycles. The summed E-state index contributed by atoms with van der Waals surface area (Å²) in [5.41, 5.74) is 3.18. The van der Waals surface area contributed by atoms with Gasteiger partial charge in [0.25, 0.3) is 0 Å². The predicted octanol–water partition coefficient (Wildman–Crippen LogP) is 4.41. The third kappa shape index (κ3) is 5.13. The van der Waals surface area contributed by atoms with Crippen LogP contribution in [0.1, 0.15) is 35.6 Å². The maximum atomic E-state index is 12.7. The zero-order valence-electron chi connectivity index (χ0n) is 16.3. The maximum absolute atomic E-state index is 12.7. The van der Waals surface area contributed by atoms with Crippen molar-refractivity contribution >= 4 is 12.0 Å². The van der Waals surface area contributed by atoms with Crippen molar-refractivity contribution in [2.45, 2.75) is 25.4 Å². The predicted molar refractivity (Wildman–Crippen MR) is 113 cm³/mol. The number of H-pyrrole nitrogens is 1. The number of carbonyl (C=O) groups excluding carboxylic acids is 1. The SMILES string of the molecule is O=C(/C=C/c1cccc(OCc2ccccc2)c1)N1CCCC(c2ccn[nH]2)C1. The Hall–Kier alpha value is -3.34. The van der Waals surface area contributed by atoms with E-state index in [9.17, 15) is 4.79 Å². The largest absolute Gasteiger partial charge is 0.489 e. The van der Waals surface area contributed by atoms with Gasteiger partial charge in [0, 0.05) is 37.0 Å². The fourth-order valence-corrected chi connectivity index (χ4v) is 3.65. The first-order chi connectivity index (χ1) is 14.3. The van der Waals surface area contributed by atoms with Crippen molar-refractivity contribution in [1.29, 1.82) is 0 Å². The van der Waals surface area contributed by atoms with Gasteiger partial charge in [-0.25, -0.2) is 0 Å². The average Bonchev–Trinajstić information content (AvgIpc) is 3.32. The molecule has 0 bridgehead atoms. The van der Waals surface area contributed by atoms with Crippen molar-refractivity contribution in [3.63, 3.8) is 0 Å². The zero-order valence-corrected chi connectivity index (χ0v) is 16.3. The number of hydrogen-bond acceptors (Lipinski definition) is 3. The molecule has 1 aromatic heterocycles. The molecule has 2 heterocycles. The molecule has 148 valence electrons. The molecule has 1 amide bonds. The number of aromatic amines is 1. The third-order valence-electron chi connectivity index (χ3n) is 5.22. The lowest BCUT2D eigenvalue weighted by atomic mass is 9.95. The number of likely N-dealkylation sites (tertiary alicyclic amines) is 1. The van der Waals surface area contributed by atoms with Crippen molar-refractivity contribution in [2.24, 2.45) is 0 Å². The highest BCUT2D eigenvalue weighted by Crippen LogP contribution is 2.25. The number of hydrogen-bond donors (Lipinski definition) is 1. The number of amides is 1. The van der Waals surface area contributed by atoms with Gasteiger partial charge >= 0.3 is 0 Å². The Bertz CT molecular complexity index is 951. The number of nitrogens with one attached hydrogen (secondary N) is 1. The highest BCUT2D eigenvalue weighted by Gasteiger charge is 2.24. The summed E-state index contributed by atoms with van der Waals surface area (Å²) in [6.45, 7) is 2.05. The first-order valence-electron chi connectivity index (χ1n) is 10.0. The van der Waals surface area contributed by atoms with Gasteiger partial charge in [0.05, 0.1) is 0 Å². The van der Waals surface area contributed by atoms with Crippen molar-refractivity contribution in [3.05, 3.63) is 89.8 Å². The molecule has 2 aromatic carbocycles. The summed E-state index contributed by atoms with van der Waals surface area (Å²) in [5, 5.41) is 7.07. The minimum absolute atomic E-state index is 0.0461. The second-order valence-electron chi connectivity index (χ2n) is 7.32. The van der Waals surface area contributed by atoms with Crippen LogP contribution in [0.3, 0.4) is 0 Å². The Morgan fingerprint density at radius 2 is 2.07 bits per heavy atom. The molecule has 0 saturated carbocycles. The molecular formula is C24H25N3O2.